The van der Waals surface area contributed by atoms with Crippen molar-refractivity contribution in [2.75, 3.05) is 6.54 Å². The van der Waals surface area contributed by atoms with Crippen molar-refractivity contribution >= 4 is 22.7 Å². The van der Waals surface area contributed by atoms with E-state index in [4.69, 9.17) is 0 Å². The minimum absolute atomic E-state index is 0.114. The van der Waals surface area contributed by atoms with Gasteiger partial charge in [0, 0.05) is 28.4 Å². The molecular weight excluding hydrogens is 293 g/mol. The fourth-order valence-electron chi connectivity index (χ4n) is 1.73. The second-order valence-corrected chi connectivity index (χ2v) is 6.05. The highest BCUT2D eigenvalue weighted by Gasteiger charge is 2.35. The van der Waals surface area contributed by atoms with Crippen LogP contribution in [0.5, 0.6) is 0 Å². The van der Waals surface area contributed by atoms with Gasteiger partial charge in [0.25, 0.3) is 0 Å². The maximum absolute atomic E-state index is 12.6. The highest BCUT2D eigenvalue weighted by atomic mass is 32.1. The van der Waals surface area contributed by atoms with Crippen LogP contribution in [0.2, 0.25) is 0 Å². The quantitative estimate of drug-likeness (QED) is 0.899. The molecule has 1 atom stereocenters. The van der Waals surface area contributed by atoms with E-state index >= 15 is 0 Å². The van der Waals surface area contributed by atoms with E-state index in [1.54, 1.807) is 11.3 Å². The van der Waals surface area contributed by atoms with Crippen molar-refractivity contribution in [3.8, 4) is 0 Å². The molecule has 0 aliphatic rings. The number of likely N-dealkylation sites (N-methyl/N-ethyl adjacent to an activating group) is 1. The number of alkyl halides is 3. The third-order valence-electron chi connectivity index (χ3n) is 2.55. The summed E-state index contributed by atoms with van der Waals surface area (Å²) in [4.78, 5) is 5.25. The van der Waals surface area contributed by atoms with Crippen LogP contribution >= 0.6 is 22.7 Å². The van der Waals surface area contributed by atoms with Crippen LogP contribution in [0.15, 0.2) is 23.7 Å². The van der Waals surface area contributed by atoms with Gasteiger partial charge in [0.2, 0.25) is 0 Å². The van der Waals surface area contributed by atoms with Gasteiger partial charge < -0.3 is 5.32 Å². The molecule has 2 aromatic rings. The number of halogens is 3. The van der Waals surface area contributed by atoms with E-state index in [2.05, 4.69) is 10.3 Å². The number of aromatic nitrogens is 1. The molecule has 0 aliphatic carbocycles. The standard InChI is InChI=1S/C12H13F3N2S2/c1-2-16-9(6-8-4-3-5-18-8)10-7-17-11(19-10)12(13,14)15/h3-5,7,9,16H,2,6H2,1H3. The Labute approximate surface area is 117 Å². The molecule has 0 aromatic carbocycles. The van der Waals surface area contributed by atoms with Crippen molar-refractivity contribution < 1.29 is 13.2 Å². The molecule has 0 radical (unpaired) electrons. The summed E-state index contributed by atoms with van der Waals surface area (Å²) < 4.78 is 37.7. The molecular formula is C12H13F3N2S2. The summed E-state index contributed by atoms with van der Waals surface area (Å²) in [6, 6.07) is 3.81. The molecule has 2 nitrogen and oxygen atoms in total. The van der Waals surface area contributed by atoms with Crippen molar-refractivity contribution in [3.05, 3.63) is 38.5 Å². The molecule has 0 spiro atoms. The summed E-state index contributed by atoms with van der Waals surface area (Å²) in [5.41, 5.74) is 0. The lowest BCUT2D eigenvalue weighted by Crippen LogP contribution is -2.21. The predicted octanol–water partition coefficient (Wildman–Crippen LogP) is 4.12. The summed E-state index contributed by atoms with van der Waals surface area (Å²) in [5.74, 6) is 0. The number of nitrogens with one attached hydrogen (secondary N) is 1. The lowest BCUT2D eigenvalue weighted by Gasteiger charge is -2.14. The Balaban J connectivity index is 2.17. The molecule has 2 aromatic heterocycles. The zero-order valence-corrected chi connectivity index (χ0v) is 11.8. The molecule has 104 valence electrons. The Bertz CT molecular complexity index is 505. The lowest BCUT2D eigenvalue weighted by molar-refractivity contribution is -0.137. The molecule has 0 bridgehead atoms. The minimum Gasteiger partial charge on any atom is -0.309 e. The van der Waals surface area contributed by atoms with Crippen molar-refractivity contribution in [1.29, 1.82) is 0 Å². The fraction of sp³-hybridized carbons (Fsp3) is 0.417. The normalized spacial score (nSPS) is 13.7. The van der Waals surface area contributed by atoms with Gasteiger partial charge in [-0.1, -0.05) is 13.0 Å². The van der Waals surface area contributed by atoms with Crippen molar-refractivity contribution in [2.24, 2.45) is 0 Å². The van der Waals surface area contributed by atoms with Crippen LogP contribution in [-0.4, -0.2) is 11.5 Å². The van der Waals surface area contributed by atoms with Gasteiger partial charge in [-0.3, -0.25) is 0 Å². The average molecular weight is 306 g/mol. The molecule has 2 rings (SSSR count). The van der Waals surface area contributed by atoms with Crippen LogP contribution < -0.4 is 5.32 Å². The zero-order chi connectivity index (χ0) is 13.9. The summed E-state index contributed by atoms with van der Waals surface area (Å²) in [6.07, 6.45) is -2.35. The topological polar surface area (TPSA) is 24.9 Å². The Morgan fingerprint density at radius 3 is 2.74 bits per heavy atom. The van der Waals surface area contributed by atoms with Gasteiger partial charge in [-0.2, -0.15) is 13.2 Å². The largest absolute Gasteiger partial charge is 0.443 e. The third-order valence-corrected chi connectivity index (χ3v) is 4.60. The van der Waals surface area contributed by atoms with Gasteiger partial charge in [-0.15, -0.1) is 22.7 Å². The number of nitrogens with zero attached hydrogens (tertiary/aromatic N) is 1. The van der Waals surface area contributed by atoms with E-state index in [0.29, 0.717) is 29.2 Å². The maximum atomic E-state index is 12.6. The van der Waals surface area contributed by atoms with Crippen LogP contribution in [-0.2, 0) is 12.6 Å². The first-order chi connectivity index (χ1) is 9.00. The highest BCUT2D eigenvalue weighted by molar-refractivity contribution is 7.11. The Hall–Kier alpha value is -0.920. The Morgan fingerprint density at radius 1 is 1.42 bits per heavy atom. The highest BCUT2D eigenvalue weighted by Crippen LogP contribution is 2.35. The minimum atomic E-state index is -4.36. The Morgan fingerprint density at radius 2 is 2.21 bits per heavy atom. The van der Waals surface area contributed by atoms with Crippen LogP contribution in [0.1, 0.15) is 27.7 Å². The molecule has 19 heavy (non-hydrogen) atoms. The van der Waals surface area contributed by atoms with Crippen molar-refractivity contribution in [2.45, 2.75) is 25.6 Å². The summed E-state index contributed by atoms with van der Waals surface area (Å²) in [7, 11) is 0. The van der Waals surface area contributed by atoms with Gasteiger partial charge in [0.15, 0.2) is 5.01 Å². The molecule has 0 fully saturated rings. The summed E-state index contributed by atoms with van der Waals surface area (Å²) >= 11 is 2.32. The van der Waals surface area contributed by atoms with Crippen LogP contribution in [0, 0.1) is 0 Å². The van der Waals surface area contributed by atoms with Crippen molar-refractivity contribution in [3.63, 3.8) is 0 Å². The maximum Gasteiger partial charge on any atom is 0.443 e. The molecule has 0 amide bonds. The lowest BCUT2D eigenvalue weighted by atomic mass is 10.1. The number of hydrogen-bond donors (Lipinski definition) is 1. The van der Waals surface area contributed by atoms with E-state index in [0.717, 1.165) is 4.88 Å². The second kappa shape index (κ2) is 6.02. The number of thiophene rings is 1. The predicted molar refractivity (Wildman–Crippen MR) is 71.6 cm³/mol. The number of thiazole rings is 1. The van der Waals surface area contributed by atoms with E-state index in [9.17, 15) is 13.2 Å². The van der Waals surface area contributed by atoms with Crippen LogP contribution in [0.25, 0.3) is 0 Å². The molecule has 2 heterocycles. The summed E-state index contributed by atoms with van der Waals surface area (Å²) in [5, 5.41) is 4.40. The van der Waals surface area contributed by atoms with Gasteiger partial charge in [-0.05, 0) is 18.0 Å². The first kappa shape index (κ1) is 14.5. The first-order valence-electron chi connectivity index (χ1n) is 5.79. The molecule has 0 saturated carbocycles. The third kappa shape index (κ3) is 3.77. The van der Waals surface area contributed by atoms with E-state index < -0.39 is 11.2 Å². The molecule has 1 N–H and O–H groups in total. The van der Waals surface area contributed by atoms with Gasteiger partial charge in [-0.25, -0.2) is 4.98 Å². The second-order valence-electron chi connectivity index (χ2n) is 3.96. The van der Waals surface area contributed by atoms with Crippen molar-refractivity contribution in [1.82, 2.24) is 10.3 Å². The van der Waals surface area contributed by atoms with E-state index in [-0.39, 0.29) is 6.04 Å². The van der Waals surface area contributed by atoms with Gasteiger partial charge in [0.05, 0.1) is 0 Å². The van der Waals surface area contributed by atoms with Gasteiger partial charge in [0.1, 0.15) is 0 Å². The fourth-order valence-corrected chi connectivity index (χ4v) is 3.34. The molecule has 1 unspecified atom stereocenters. The van der Waals surface area contributed by atoms with Crippen LogP contribution in [0.4, 0.5) is 13.2 Å². The smallest absolute Gasteiger partial charge is 0.309 e. The van der Waals surface area contributed by atoms with Crippen LogP contribution in [0.3, 0.4) is 0 Å². The average Bonchev–Trinajstić information content (AvgIpc) is 2.98. The molecule has 0 saturated heterocycles. The number of hydrogen-bond acceptors (Lipinski definition) is 4. The zero-order valence-electron chi connectivity index (χ0n) is 10.2. The monoisotopic (exact) mass is 306 g/mol. The van der Waals surface area contributed by atoms with Gasteiger partial charge >= 0.3 is 6.18 Å². The van der Waals surface area contributed by atoms with E-state index in [1.165, 1.54) is 6.20 Å². The Kier molecular flexibility index (Phi) is 4.59. The molecule has 0 aliphatic heterocycles. The first-order valence-corrected chi connectivity index (χ1v) is 7.49. The van der Waals surface area contributed by atoms with E-state index in [1.807, 2.05) is 24.4 Å². The number of rotatable bonds is 5. The summed E-state index contributed by atoms with van der Waals surface area (Å²) in [6.45, 7) is 2.64. The SMILES string of the molecule is CCNC(Cc1cccs1)c1cnc(C(F)(F)F)s1. The molecule has 7 heteroatoms.